The second-order valence-electron chi connectivity index (χ2n) is 10.4. The number of carbonyl (C=O) groups excluding carboxylic acids is 1. The minimum absolute atomic E-state index is 0.00339. The van der Waals surface area contributed by atoms with Gasteiger partial charge in [0.2, 0.25) is 0 Å². The number of benzene rings is 1. The zero-order valence-corrected chi connectivity index (χ0v) is 19.8. The van der Waals surface area contributed by atoms with Crippen molar-refractivity contribution in [1.82, 2.24) is 4.90 Å². The number of ether oxygens (including phenoxy) is 3. The summed E-state index contributed by atoms with van der Waals surface area (Å²) in [6, 6.07) is 4.06. The van der Waals surface area contributed by atoms with E-state index in [1.165, 1.54) is 18.2 Å². The lowest BCUT2D eigenvalue weighted by Gasteiger charge is -2.39. The molecule has 0 radical (unpaired) electrons. The van der Waals surface area contributed by atoms with Crippen LogP contribution in [0.5, 0.6) is 5.75 Å². The molecule has 3 fully saturated rings. The van der Waals surface area contributed by atoms with E-state index in [2.05, 4.69) is 6.92 Å². The fourth-order valence-corrected chi connectivity index (χ4v) is 5.33. The number of likely N-dealkylation sites (tertiary alicyclic amines) is 1. The number of amides is 1. The molecule has 1 amide bonds. The summed E-state index contributed by atoms with van der Waals surface area (Å²) in [7, 11) is 0. The van der Waals surface area contributed by atoms with Gasteiger partial charge in [-0.05, 0) is 70.4 Å². The minimum atomic E-state index is -0.860. The Morgan fingerprint density at radius 3 is 2.69 bits per heavy atom. The standard InChI is InChI=1S/C24H33ClFNO5/c1-22(2,29)19-6-7-23(3,32-19)20-13-24(15-31-20)8-10-27(11-9-24)21(28)14-30-16-4-5-18(26)17(25)12-16/h4-5,12,19-20,29H,6-11,13-15H2,1-3H3/t19-,20-,23+/m0/s1. The Balaban J connectivity index is 1.27. The molecule has 32 heavy (non-hydrogen) atoms. The molecule has 1 spiro atoms. The summed E-state index contributed by atoms with van der Waals surface area (Å²) in [6.07, 6.45) is 4.19. The highest BCUT2D eigenvalue weighted by Gasteiger charge is 2.53. The Morgan fingerprint density at radius 1 is 1.34 bits per heavy atom. The van der Waals surface area contributed by atoms with Crippen LogP contribution in [-0.2, 0) is 14.3 Å². The molecular weight excluding hydrogens is 437 g/mol. The highest BCUT2D eigenvalue weighted by Crippen LogP contribution is 2.49. The molecule has 178 valence electrons. The third-order valence-corrected chi connectivity index (χ3v) is 7.71. The molecule has 1 aromatic rings. The van der Waals surface area contributed by atoms with Gasteiger partial charge < -0.3 is 24.2 Å². The summed E-state index contributed by atoms with van der Waals surface area (Å²) in [6.45, 7) is 7.58. The Labute approximate surface area is 194 Å². The van der Waals surface area contributed by atoms with Gasteiger partial charge in [-0.25, -0.2) is 4.39 Å². The lowest BCUT2D eigenvalue weighted by Crippen LogP contribution is -2.46. The molecule has 6 nitrogen and oxygen atoms in total. The molecule has 0 saturated carbocycles. The number of piperidine rings is 1. The summed E-state index contributed by atoms with van der Waals surface area (Å²) in [5.41, 5.74) is -1.18. The zero-order valence-electron chi connectivity index (χ0n) is 19.0. The van der Waals surface area contributed by atoms with E-state index in [1.54, 1.807) is 13.8 Å². The summed E-state index contributed by atoms with van der Waals surface area (Å²) >= 11 is 5.76. The average molecular weight is 470 g/mol. The Kier molecular flexibility index (Phi) is 6.49. The second-order valence-corrected chi connectivity index (χ2v) is 10.8. The predicted molar refractivity (Wildman–Crippen MR) is 118 cm³/mol. The summed E-state index contributed by atoms with van der Waals surface area (Å²) < 4.78 is 31.3. The number of nitrogens with zero attached hydrogens (tertiary/aromatic N) is 1. The Bertz CT molecular complexity index is 851. The molecule has 1 aromatic carbocycles. The molecule has 8 heteroatoms. The predicted octanol–water partition coefficient (Wildman–Crippen LogP) is 3.96. The van der Waals surface area contributed by atoms with Crippen molar-refractivity contribution in [1.29, 1.82) is 0 Å². The first-order valence-electron chi connectivity index (χ1n) is 11.4. The number of hydrogen-bond acceptors (Lipinski definition) is 5. The maximum Gasteiger partial charge on any atom is 0.260 e. The van der Waals surface area contributed by atoms with E-state index in [0.29, 0.717) is 25.4 Å². The first-order chi connectivity index (χ1) is 15.0. The monoisotopic (exact) mass is 469 g/mol. The van der Waals surface area contributed by atoms with E-state index < -0.39 is 11.4 Å². The van der Waals surface area contributed by atoms with Crippen molar-refractivity contribution in [2.24, 2.45) is 5.41 Å². The maximum absolute atomic E-state index is 13.3. The zero-order chi connectivity index (χ0) is 23.1. The van der Waals surface area contributed by atoms with Crippen molar-refractivity contribution in [2.45, 2.75) is 76.3 Å². The van der Waals surface area contributed by atoms with Crippen molar-refractivity contribution in [3.63, 3.8) is 0 Å². The SMILES string of the molecule is CC(C)(O)[C@@H]1CC[C@](C)([C@@H]2CC3(CCN(C(=O)COc4ccc(F)c(Cl)c4)CC3)CO2)O1. The first kappa shape index (κ1) is 23.7. The molecule has 0 unspecified atom stereocenters. The van der Waals surface area contributed by atoms with Crippen LogP contribution < -0.4 is 4.74 Å². The van der Waals surface area contributed by atoms with Crippen LogP contribution in [0.2, 0.25) is 5.02 Å². The van der Waals surface area contributed by atoms with Crippen LogP contribution in [0.25, 0.3) is 0 Å². The highest BCUT2D eigenvalue weighted by atomic mass is 35.5. The van der Waals surface area contributed by atoms with Crippen LogP contribution >= 0.6 is 11.6 Å². The van der Waals surface area contributed by atoms with Gasteiger partial charge in [-0.2, -0.15) is 0 Å². The number of rotatable bonds is 5. The van der Waals surface area contributed by atoms with Crippen LogP contribution in [0.1, 0.15) is 52.9 Å². The Hall–Kier alpha value is -1.41. The molecule has 3 atom stereocenters. The summed E-state index contributed by atoms with van der Waals surface area (Å²) in [4.78, 5) is 14.4. The number of hydrogen-bond donors (Lipinski definition) is 1. The van der Waals surface area contributed by atoms with Crippen LogP contribution in [-0.4, -0.2) is 65.6 Å². The van der Waals surface area contributed by atoms with Crippen LogP contribution in [0, 0.1) is 11.2 Å². The number of halogens is 2. The third kappa shape index (κ3) is 4.91. The average Bonchev–Trinajstić information content (AvgIpc) is 3.35. The van der Waals surface area contributed by atoms with Crippen molar-refractivity contribution >= 4 is 17.5 Å². The smallest absolute Gasteiger partial charge is 0.260 e. The van der Waals surface area contributed by atoms with Gasteiger partial charge in [0, 0.05) is 19.2 Å². The summed E-state index contributed by atoms with van der Waals surface area (Å²) in [5, 5.41) is 10.3. The lowest BCUT2D eigenvalue weighted by atomic mass is 9.74. The van der Waals surface area contributed by atoms with Crippen molar-refractivity contribution in [2.75, 3.05) is 26.3 Å². The third-order valence-electron chi connectivity index (χ3n) is 7.42. The van der Waals surface area contributed by atoms with E-state index in [-0.39, 0.29) is 40.8 Å². The van der Waals surface area contributed by atoms with E-state index >= 15 is 0 Å². The van der Waals surface area contributed by atoms with Gasteiger partial charge in [0.25, 0.3) is 5.91 Å². The normalized spacial score (nSPS) is 30.1. The van der Waals surface area contributed by atoms with Crippen molar-refractivity contribution in [3.8, 4) is 5.75 Å². The van der Waals surface area contributed by atoms with E-state index in [0.717, 1.165) is 32.1 Å². The molecule has 3 saturated heterocycles. The summed E-state index contributed by atoms with van der Waals surface area (Å²) in [5.74, 6) is -0.231. The fraction of sp³-hybridized carbons (Fsp3) is 0.708. The Morgan fingerprint density at radius 2 is 2.06 bits per heavy atom. The van der Waals surface area contributed by atoms with Crippen LogP contribution in [0.4, 0.5) is 4.39 Å². The van der Waals surface area contributed by atoms with Gasteiger partial charge in [-0.3, -0.25) is 4.79 Å². The number of aliphatic hydroxyl groups is 1. The van der Waals surface area contributed by atoms with Gasteiger partial charge in [-0.15, -0.1) is 0 Å². The van der Waals surface area contributed by atoms with Gasteiger partial charge >= 0.3 is 0 Å². The number of carbonyl (C=O) groups is 1. The largest absolute Gasteiger partial charge is 0.484 e. The fourth-order valence-electron chi connectivity index (χ4n) is 5.16. The topological polar surface area (TPSA) is 68.2 Å². The van der Waals surface area contributed by atoms with Gasteiger partial charge in [0.15, 0.2) is 6.61 Å². The van der Waals surface area contributed by atoms with Gasteiger partial charge in [0.1, 0.15) is 11.6 Å². The quantitative estimate of drug-likeness (QED) is 0.706. The second kappa shape index (κ2) is 8.75. The van der Waals surface area contributed by atoms with Crippen molar-refractivity contribution < 1.29 is 28.5 Å². The molecule has 0 bridgehead atoms. The van der Waals surface area contributed by atoms with Gasteiger partial charge in [0.05, 0.1) is 35.0 Å². The molecule has 1 N–H and O–H groups in total. The van der Waals surface area contributed by atoms with Crippen LogP contribution in [0.3, 0.4) is 0 Å². The first-order valence-corrected chi connectivity index (χ1v) is 11.7. The van der Waals surface area contributed by atoms with Crippen LogP contribution in [0.15, 0.2) is 18.2 Å². The minimum Gasteiger partial charge on any atom is -0.484 e. The lowest BCUT2D eigenvalue weighted by molar-refractivity contribution is -0.155. The molecular formula is C24H33ClFNO5. The van der Waals surface area contributed by atoms with Crippen molar-refractivity contribution in [3.05, 3.63) is 29.0 Å². The molecule has 3 heterocycles. The van der Waals surface area contributed by atoms with E-state index in [4.69, 9.17) is 25.8 Å². The molecule has 3 aliphatic heterocycles. The van der Waals surface area contributed by atoms with E-state index in [9.17, 15) is 14.3 Å². The maximum atomic E-state index is 13.3. The van der Waals surface area contributed by atoms with Gasteiger partial charge in [-0.1, -0.05) is 11.6 Å². The molecule has 0 aromatic heterocycles. The molecule has 0 aliphatic carbocycles. The molecule has 3 aliphatic rings. The highest BCUT2D eigenvalue weighted by molar-refractivity contribution is 6.30. The molecule has 4 rings (SSSR count). The van der Waals surface area contributed by atoms with E-state index in [1.807, 2.05) is 4.90 Å².